The molecule has 1 aromatic rings. The lowest BCUT2D eigenvalue weighted by molar-refractivity contribution is 0.0959. The number of amidine groups is 1. The lowest BCUT2D eigenvalue weighted by Crippen LogP contribution is -2.34. The van der Waals surface area contributed by atoms with E-state index in [0.717, 1.165) is 0 Å². The van der Waals surface area contributed by atoms with Crippen molar-refractivity contribution >= 4 is 11.9 Å². The fourth-order valence-corrected chi connectivity index (χ4v) is 1.78. The molecule has 0 radical (unpaired) electrons. The lowest BCUT2D eigenvalue weighted by atomic mass is 10.2. The van der Waals surface area contributed by atoms with Crippen molar-refractivity contribution in [3.8, 4) is 5.75 Å². The highest BCUT2D eigenvalue weighted by atomic mass is 16.5. The molecule has 1 aromatic carbocycles. The molecule has 1 fully saturated rings. The molecule has 1 N–H and O–H groups in total. The molecule has 2 rings (SSSR count). The minimum absolute atomic E-state index is 0.0337. The minimum Gasteiger partial charge on any atom is -0.497 e. The first-order valence-corrected chi connectivity index (χ1v) is 7.25. The molecule has 0 bridgehead atoms. The van der Waals surface area contributed by atoms with Gasteiger partial charge in [-0.25, -0.2) is 4.99 Å². The smallest absolute Gasteiger partial charge is 0.291 e. The minimum atomic E-state index is -0.246. The molecule has 0 atom stereocenters. The second-order valence-corrected chi connectivity index (χ2v) is 5.44. The van der Waals surface area contributed by atoms with Crippen molar-refractivity contribution in [2.45, 2.75) is 32.8 Å². The van der Waals surface area contributed by atoms with Gasteiger partial charge < -0.3 is 9.47 Å². The van der Waals surface area contributed by atoms with Gasteiger partial charge in [0.2, 0.25) is 0 Å². The maximum atomic E-state index is 12.2. The summed E-state index contributed by atoms with van der Waals surface area (Å²) in [5.74, 6) is 1.04. The number of hydrogen-bond acceptors (Lipinski definition) is 4. The predicted molar refractivity (Wildman–Crippen MR) is 81.7 cm³/mol. The number of hydrogen-bond donors (Lipinski definition) is 1. The molecule has 0 heterocycles. The summed E-state index contributed by atoms with van der Waals surface area (Å²) in [6.07, 6.45) is 2.39. The van der Waals surface area contributed by atoms with Crippen LogP contribution >= 0.6 is 0 Å². The van der Waals surface area contributed by atoms with Crippen LogP contribution in [0.2, 0.25) is 0 Å². The topological polar surface area (TPSA) is 59.9 Å². The van der Waals surface area contributed by atoms with Crippen molar-refractivity contribution in [2.24, 2.45) is 10.9 Å². The molecular weight excluding hydrogens is 268 g/mol. The Morgan fingerprint density at radius 3 is 2.81 bits per heavy atom. The van der Waals surface area contributed by atoms with Gasteiger partial charge in [0.25, 0.3) is 11.9 Å². The van der Waals surface area contributed by atoms with Crippen molar-refractivity contribution in [3.05, 3.63) is 29.8 Å². The fourth-order valence-electron chi connectivity index (χ4n) is 1.78. The molecule has 5 heteroatoms. The number of carbonyl (C=O) groups excluding carboxylic acids is 1. The zero-order valence-electron chi connectivity index (χ0n) is 12.8. The van der Waals surface area contributed by atoms with Crippen molar-refractivity contribution < 1.29 is 14.3 Å². The van der Waals surface area contributed by atoms with Gasteiger partial charge in [0.15, 0.2) is 0 Å². The number of amides is 1. The summed E-state index contributed by atoms with van der Waals surface area (Å²) >= 11 is 0. The monoisotopic (exact) mass is 290 g/mol. The van der Waals surface area contributed by atoms with Crippen LogP contribution in [0.3, 0.4) is 0 Å². The summed E-state index contributed by atoms with van der Waals surface area (Å²) in [4.78, 5) is 16.6. The first-order valence-electron chi connectivity index (χ1n) is 7.25. The van der Waals surface area contributed by atoms with Crippen LogP contribution in [0.15, 0.2) is 29.3 Å². The van der Waals surface area contributed by atoms with Crippen molar-refractivity contribution in [2.75, 3.05) is 13.7 Å². The van der Waals surface area contributed by atoms with E-state index in [2.05, 4.69) is 10.3 Å². The Bertz CT molecular complexity index is 522. The number of rotatable bonds is 5. The molecule has 1 amide bonds. The normalized spacial score (nSPS) is 15.0. The molecule has 1 aliphatic rings. The summed E-state index contributed by atoms with van der Waals surface area (Å²) < 4.78 is 10.7. The Balaban J connectivity index is 2.03. The quantitative estimate of drug-likeness (QED) is 0.670. The SMILES string of the molecule is COc1cccc(C(=O)NC(=NCC2CC2)OC(C)C)c1. The Morgan fingerprint density at radius 1 is 1.43 bits per heavy atom. The number of aliphatic imine (C=N–C) groups is 1. The number of benzene rings is 1. The van der Waals surface area contributed by atoms with E-state index in [4.69, 9.17) is 9.47 Å². The van der Waals surface area contributed by atoms with Gasteiger partial charge in [-0.05, 0) is 50.8 Å². The molecule has 0 aliphatic heterocycles. The molecule has 0 aromatic heterocycles. The van der Waals surface area contributed by atoms with E-state index in [1.54, 1.807) is 31.4 Å². The van der Waals surface area contributed by atoms with Crippen LogP contribution in [0.1, 0.15) is 37.0 Å². The third kappa shape index (κ3) is 5.10. The Hall–Kier alpha value is -2.04. The number of nitrogens with one attached hydrogen (secondary N) is 1. The second-order valence-electron chi connectivity index (χ2n) is 5.44. The largest absolute Gasteiger partial charge is 0.497 e. The van der Waals surface area contributed by atoms with Gasteiger partial charge in [-0.2, -0.15) is 0 Å². The fraction of sp³-hybridized carbons (Fsp3) is 0.500. The first kappa shape index (κ1) is 15.4. The van der Waals surface area contributed by atoms with E-state index in [0.29, 0.717) is 29.8 Å². The molecule has 0 spiro atoms. The van der Waals surface area contributed by atoms with Crippen LogP contribution < -0.4 is 10.1 Å². The van der Waals surface area contributed by atoms with Crippen molar-refractivity contribution in [3.63, 3.8) is 0 Å². The van der Waals surface area contributed by atoms with Gasteiger partial charge >= 0.3 is 0 Å². The molecule has 0 saturated heterocycles. The molecule has 114 valence electrons. The summed E-state index contributed by atoms with van der Waals surface area (Å²) in [6.45, 7) is 4.52. The van der Waals surface area contributed by atoms with Crippen LogP contribution in [0.5, 0.6) is 5.75 Å². The van der Waals surface area contributed by atoms with Crippen LogP contribution in [-0.4, -0.2) is 31.7 Å². The summed E-state index contributed by atoms with van der Waals surface area (Å²) in [5, 5.41) is 2.73. The second kappa shape index (κ2) is 7.11. The van der Waals surface area contributed by atoms with Gasteiger partial charge in [0.05, 0.1) is 13.2 Å². The summed E-state index contributed by atoms with van der Waals surface area (Å²) in [6, 6.07) is 7.28. The van der Waals surface area contributed by atoms with E-state index in [1.807, 2.05) is 13.8 Å². The van der Waals surface area contributed by atoms with Gasteiger partial charge in [-0.1, -0.05) is 6.07 Å². The maximum absolute atomic E-state index is 12.2. The molecule has 5 nitrogen and oxygen atoms in total. The van der Waals surface area contributed by atoms with Gasteiger partial charge in [-0.3, -0.25) is 10.1 Å². The van der Waals surface area contributed by atoms with E-state index in [9.17, 15) is 4.79 Å². The zero-order valence-corrected chi connectivity index (χ0v) is 12.8. The molecule has 0 unspecified atom stereocenters. The first-order chi connectivity index (χ1) is 10.1. The standard InChI is InChI=1S/C16H22N2O3/c1-11(2)21-16(17-10-12-7-8-12)18-15(19)13-5-4-6-14(9-13)20-3/h4-6,9,11-12H,7-8,10H2,1-3H3,(H,17,18,19). The Labute approximate surface area is 125 Å². The van der Waals surface area contributed by atoms with E-state index in [-0.39, 0.29) is 12.0 Å². The highest BCUT2D eigenvalue weighted by Gasteiger charge is 2.21. The average molecular weight is 290 g/mol. The third-order valence-electron chi connectivity index (χ3n) is 3.09. The highest BCUT2D eigenvalue weighted by Crippen LogP contribution is 2.28. The highest BCUT2D eigenvalue weighted by molar-refractivity contribution is 6.04. The van der Waals surface area contributed by atoms with Gasteiger partial charge in [0, 0.05) is 12.1 Å². The van der Waals surface area contributed by atoms with Gasteiger partial charge in [0.1, 0.15) is 5.75 Å². The molecule has 1 saturated carbocycles. The molecule has 1 aliphatic carbocycles. The van der Waals surface area contributed by atoms with E-state index < -0.39 is 0 Å². The number of nitrogens with zero attached hydrogens (tertiary/aromatic N) is 1. The Morgan fingerprint density at radius 2 is 2.19 bits per heavy atom. The van der Waals surface area contributed by atoms with Crippen LogP contribution in [0.25, 0.3) is 0 Å². The number of carbonyl (C=O) groups is 1. The van der Waals surface area contributed by atoms with E-state index >= 15 is 0 Å². The van der Waals surface area contributed by atoms with Crippen molar-refractivity contribution in [1.29, 1.82) is 0 Å². The maximum Gasteiger partial charge on any atom is 0.291 e. The zero-order chi connectivity index (χ0) is 15.2. The average Bonchev–Trinajstić information content (AvgIpc) is 3.28. The lowest BCUT2D eigenvalue weighted by Gasteiger charge is -2.13. The number of ether oxygens (including phenoxy) is 2. The summed E-state index contributed by atoms with van der Waals surface area (Å²) in [7, 11) is 1.57. The van der Waals surface area contributed by atoms with Crippen molar-refractivity contribution in [1.82, 2.24) is 5.32 Å². The molecule has 21 heavy (non-hydrogen) atoms. The third-order valence-corrected chi connectivity index (χ3v) is 3.09. The van der Waals surface area contributed by atoms with Crippen LogP contribution in [-0.2, 0) is 4.74 Å². The number of methoxy groups -OCH3 is 1. The van der Waals surface area contributed by atoms with Crippen LogP contribution in [0.4, 0.5) is 0 Å². The Kier molecular flexibility index (Phi) is 5.20. The summed E-state index contributed by atoms with van der Waals surface area (Å²) in [5.41, 5.74) is 0.515. The molecular formula is C16H22N2O3. The predicted octanol–water partition coefficient (Wildman–Crippen LogP) is 2.62. The van der Waals surface area contributed by atoms with Crippen LogP contribution in [0, 0.1) is 5.92 Å². The van der Waals surface area contributed by atoms with Gasteiger partial charge in [-0.15, -0.1) is 0 Å². The van der Waals surface area contributed by atoms with E-state index in [1.165, 1.54) is 12.8 Å².